The average Bonchev–Trinajstić information content (AvgIpc) is 2.61. The van der Waals surface area contributed by atoms with Gasteiger partial charge in [0, 0.05) is 24.8 Å². The van der Waals surface area contributed by atoms with Crippen LogP contribution in [0.15, 0.2) is 42.6 Å². The SMILES string of the molecule is COc1ccc(OC)c(CNCCCCNc2ccccn2)c1. The minimum Gasteiger partial charge on any atom is -0.497 e. The summed E-state index contributed by atoms with van der Waals surface area (Å²) in [7, 11) is 3.36. The van der Waals surface area contributed by atoms with Crippen LogP contribution in [0, 0.1) is 0 Å². The van der Waals surface area contributed by atoms with Gasteiger partial charge in [-0.3, -0.25) is 0 Å². The number of aromatic nitrogens is 1. The van der Waals surface area contributed by atoms with Gasteiger partial charge in [-0.15, -0.1) is 0 Å². The Balaban J connectivity index is 1.63. The molecule has 124 valence electrons. The van der Waals surface area contributed by atoms with E-state index in [-0.39, 0.29) is 0 Å². The lowest BCUT2D eigenvalue weighted by molar-refractivity contribution is 0.397. The molecule has 0 spiro atoms. The zero-order valence-electron chi connectivity index (χ0n) is 13.8. The molecule has 5 heteroatoms. The fourth-order valence-electron chi connectivity index (χ4n) is 2.30. The second-order valence-electron chi connectivity index (χ2n) is 5.20. The van der Waals surface area contributed by atoms with E-state index in [1.54, 1.807) is 20.4 Å². The quantitative estimate of drug-likeness (QED) is 0.660. The van der Waals surface area contributed by atoms with Crippen LogP contribution in [0.5, 0.6) is 11.5 Å². The van der Waals surface area contributed by atoms with Gasteiger partial charge < -0.3 is 20.1 Å². The first-order chi connectivity index (χ1) is 11.3. The van der Waals surface area contributed by atoms with E-state index in [1.165, 1.54) is 0 Å². The molecule has 0 unspecified atom stereocenters. The van der Waals surface area contributed by atoms with Gasteiger partial charge in [0.1, 0.15) is 17.3 Å². The molecular formula is C18H25N3O2. The summed E-state index contributed by atoms with van der Waals surface area (Å²) < 4.78 is 10.6. The highest BCUT2D eigenvalue weighted by Crippen LogP contribution is 2.23. The van der Waals surface area contributed by atoms with Gasteiger partial charge in [-0.1, -0.05) is 6.07 Å². The van der Waals surface area contributed by atoms with E-state index in [1.807, 2.05) is 36.4 Å². The largest absolute Gasteiger partial charge is 0.497 e. The third-order valence-corrected chi connectivity index (χ3v) is 3.55. The first-order valence-corrected chi connectivity index (χ1v) is 7.90. The van der Waals surface area contributed by atoms with Gasteiger partial charge in [-0.25, -0.2) is 4.98 Å². The molecule has 1 aromatic heterocycles. The predicted molar refractivity (Wildman–Crippen MR) is 93.2 cm³/mol. The fraction of sp³-hybridized carbons (Fsp3) is 0.389. The molecule has 1 aromatic carbocycles. The highest BCUT2D eigenvalue weighted by molar-refractivity contribution is 5.40. The Labute approximate surface area is 138 Å². The Morgan fingerprint density at radius 2 is 1.87 bits per heavy atom. The molecule has 0 aliphatic carbocycles. The van der Waals surface area contributed by atoms with Crippen molar-refractivity contribution in [2.75, 3.05) is 32.6 Å². The van der Waals surface area contributed by atoms with Gasteiger partial charge in [-0.2, -0.15) is 0 Å². The van der Waals surface area contributed by atoms with Crippen LogP contribution in [0.2, 0.25) is 0 Å². The number of nitrogens with one attached hydrogen (secondary N) is 2. The van der Waals surface area contributed by atoms with Crippen LogP contribution < -0.4 is 20.1 Å². The van der Waals surface area contributed by atoms with Gasteiger partial charge in [0.05, 0.1) is 14.2 Å². The van der Waals surface area contributed by atoms with Gasteiger partial charge in [-0.05, 0) is 49.7 Å². The van der Waals surface area contributed by atoms with E-state index in [0.717, 1.165) is 55.4 Å². The van der Waals surface area contributed by atoms with E-state index in [2.05, 4.69) is 15.6 Å². The van der Waals surface area contributed by atoms with Crippen LogP contribution in [-0.4, -0.2) is 32.3 Å². The molecule has 2 rings (SSSR count). The Kier molecular flexibility index (Phi) is 7.20. The topological polar surface area (TPSA) is 55.4 Å². The highest BCUT2D eigenvalue weighted by atomic mass is 16.5. The van der Waals surface area contributed by atoms with Crippen LogP contribution in [0.1, 0.15) is 18.4 Å². The molecule has 0 radical (unpaired) electrons. The lowest BCUT2D eigenvalue weighted by Crippen LogP contribution is -2.16. The van der Waals surface area contributed by atoms with Crippen molar-refractivity contribution in [2.24, 2.45) is 0 Å². The first kappa shape index (κ1) is 17.1. The average molecular weight is 315 g/mol. The van der Waals surface area contributed by atoms with Crippen molar-refractivity contribution >= 4 is 5.82 Å². The molecule has 0 aliphatic heterocycles. The minimum absolute atomic E-state index is 0.772. The molecule has 0 saturated carbocycles. The Hall–Kier alpha value is -2.27. The first-order valence-electron chi connectivity index (χ1n) is 7.90. The van der Waals surface area contributed by atoms with Crippen molar-refractivity contribution in [1.82, 2.24) is 10.3 Å². The summed E-state index contributed by atoms with van der Waals surface area (Å²) >= 11 is 0. The number of hydrogen-bond acceptors (Lipinski definition) is 5. The number of methoxy groups -OCH3 is 2. The lowest BCUT2D eigenvalue weighted by atomic mass is 10.2. The molecule has 2 N–H and O–H groups in total. The molecule has 2 aromatic rings. The smallest absolute Gasteiger partial charge is 0.125 e. The van der Waals surface area contributed by atoms with Gasteiger partial charge in [0.15, 0.2) is 0 Å². The summed E-state index contributed by atoms with van der Waals surface area (Å²) in [5.74, 6) is 2.67. The Morgan fingerprint density at radius 1 is 1.00 bits per heavy atom. The predicted octanol–water partition coefficient (Wildman–Crippen LogP) is 3.08. The van der Waals surface area contributed by atoms with Crippen LogP contribution in [0.3, 0.4) is 0 Å². The number of pyridine rings is 1. The number of hydrogen-bond donors (Lipinski definition) is 2. The molecule has 1 heterocycles. The van der Waals surface area contributed by atoms with E-state index in [0.29, 0.717) is 0 Å². The van der Waals surface area contributed by atoms with Gasteiger partial charge in [0.2, 0.25) is 0 Å². The number of benzene rings is 1. The van der Waals surface area contributed by atoms with E-state index < -0.39 is 0 Å². The van der Waals surface area contributed by atoms with E-state index >= 15 is 0 Å². The summed E-state index contributed by atoms with van der Waals surface area (Å²) in [5.41, 5.74) is 1.11. The monoisotopic (exact) mass is 315 g/mol. The zero-order chi connectivity index (χ0) is 16.3. The number of nitrogens with zero attached hydrogens (tertiary/aromatic N) is 1. The van der Waals surface area contributed by atoms with Crippen LogP contribution >= 0.6 is 0 Å². The molecule has 0 aliphatic rings. The van der Waals surface area contributed by atoms with Crippen LogP contribution in [-0.2, 0) is 6.54 Å². The number of unbranched alkanes of at least 4 members (excludes halogenated alkanes) is 1. The Morgan fingerprint density at radius 3 is 2.61 bits per heavy atom. The van der Waals surface area contributed by atoms with Crippen molar-refractivity contribution in [3.8, 4) is 11.5 Å². The standard InChI is InChI=1S/C18H25N3O2/c1-22-16-8-9-17(23-2)15(13-16)14-19-10-5-6-12-21-18-7-3-4-11-20-18/h3-4,7-9,11,13,19H,5-6,10,12,14H2,1-2H3,(H,20,21). The lowest BCUT2D eigenvalue weighted by Gasteiger charge is -2.11. The second kappa shape index (κ2) is 9.69. The maximum absolute atomic E-state index is 5.38. The third kappa shape index (κ3) is 5.79. The summed E-state index contributed by atoms with van der Waals surface area (Å²) in [4.78, 5) is 4.24. The minimum atomic E-state index is 0.772. The second-order valence-corrected chi connectivity index (χ2v) is 5.20. The van der Waals surface area contributed by atoms with Crippen molar-refractivity contribution < 1.29 is 9.47 Å². The maximum atomic E-state index is 5.38. The molecule has 0 atom stereocenters. The van der Waals surface area contributed by atoms with Crippen molar-refractivity contribution in [3.05, 3.63) is 48.2 Å². The normalized spacial score (nSPS) is 10.3. The number of anilines is 1. The summed E-state index contributed by atoms with van der Waals surface area (Å²) in [5, 5.41) is 6.76. The van der Waals surface area contributed by atoms with Crippen LogP contribution in [0.4, 0.5) is 5.82 Å². The number of rotatable bonds is 10. The molecule has 0 fully saturated rings. The highest BCUT2D eigenvalue weighted by Gasteiger charge is 2.04. The van der Waals surface area contributed by atoms with E-state index in [4.69, 9.17) is 9.47 Å². The van der Waals surface area contributed by atoms with Gasteiger partial charge >= 0.3 is 0 Å². The molecular weight excluding hydrogens is 290 g/mol. The molecule has 23 heavy (non-hydrogen) atoms. The van der Waals surface area contributed by atoms with Gasteiger partial charge in [0.25, 0.3) is 0 Å². The summed E-state index contributed by atoms with van der Waals surface area (Å²) in [6, 6.07) is 11.7. The fourth-order valence-corrected chi connectivity index (χ4v) is 2.30. The Bertz CT molecular complexity index is 576. The molecule has 0 bridgehead atoms. The third-order valence-electron chi connectivity index (χ3n) is 3.55. The maximum Gasteiger partial charge on any atom is 0.125 e. The molecule has 0 saturated heterocycles. The zero-order valence-corrected chi connectivity index (χ0v) is 13.8. The summed E-state index contributed by atoms with van der Waals surface area (Å²) in [6.45, 7) is 2.67. The molecule has 5 nitrogen and oxygen atoms in total. The number of ether oxygens (including phenoxy) is 2. The van der Waals surface area contributed by atoms with Crippen molar-refractivity contribution in [3.63, 3.8) is 0 Å². The summed E-state index contributed by atoms with van der Waals surface area (Å²) in [6.07, 6.45) is 4.00. The van der Waals surface area contributed by atoms with E-state index in [9.17, 15) is 0 Å². The van der Waals surface area contributed by atoms with Crippen molar-refractivity contribution in [1.29, 1.82) is 0 Å². The molecule has 0 amide bonds. The van der Waals surface area contributed by atoms with Crippen LogP contribution in [0.25, 0.3) is 0 Å². The van der Waals surface area contributed by atoms with Crippen molar-refractivity contribution in [2.45, 2.75) is 19.4 Å².